The zero-order chi connectivity index (χ0) is 13.0. The van der Waals surface area contributed by atoms with Crippen molar-refractivity contribution in [2.45, 2.75) is 32.4 Å². The van der Waals surface area contributed by atoms with Crippen LogP contribution in [-0.4, -0.2) is 53.1 Å². The van der Waals surface area contributed by atoms with Crippen molar-refractivity contribution in [3.05, 3.63) is 0 Å². The number of hydrogen-bond donors (Lipinski definition) is 3. The Hall–Kier alpha value is -1.79. The maximum atomic E-state index is 11.6. The molecule has 3 N–H and O–H groups in total. The van der Waals surface area contributed by atoms with Crippen molar-refractivity contribution in [3.63, 3.8) is 0 Å². The van der Waals surface area contributed by atoms with Crippen LogP contribution < -0.4 is 10.6 Å². The van der Waals surface area contributed by atoms with E-state index >= 15 is 0 Å². The predicted molar refractivity (Wildman–Crippen MR) is 59.4 cm³/mol. The molecule has 0 bridgehead atoms. The lowest BCUT2D eigenvalue weighted by Crippen LogP contribution is -2.47. The Kier molecular flexibility index (Phi) is 4.30. The Balaban J connectivity index is 2.40. The Bertz CT molecular complexity index is 332. The summed E-state index contributed by atoms with van der Waals surface area (Å²) in [4.78, 5) is 34.5. The van der Waals surface area contributed by atoms with E-state index in [1.165, 1.54) is 18.7 Å². The van der Waals surface area contributed by atoms with Gasteiger partial charge in [-0.25, -0.2) is 4.79 Å². The summed E-state index contributed by atoms with van der Waals surface area (Å²) in [6.45, 7) is 3.76. The molecule has 1 rings (SSSR count). The molecule has 0 radical (unpaired) electrons. The van der Waals surface area contributed by atoms with Crippen molar-refractivity contribution in [1.82, 2.24) is 15.5 Å². The van der Waals surface area contributed by atoms with Gasteiger partial charge in [-0.05, 0) is 13.3 Å². The van der Waals surface area contributed by atoms with E-state index in [1.54, 1.807) is 0 Å². The van der Waals surface area contributed by atoms with Gasteiger partial charge in [-0.1, -0.05) is 0 Å². The van der Waals surface area contributed by atoms with Crippen molar-refractivity contribution in [2.24, 2.45) is 0 Å². The average molecular weight is 243 g/mol. The summed E-state index contributed by atoms with van der Waals surface area (Å²) in [5.74, 6) is -1.20. The van der Waals surface area contributed by atoms with Crippen LogP contribution in [0, 0.1) is 0 Å². The highest BCUT2D eigenvalue weighted by Crippen LogP contribution is 2.09. The Morgan fingerprint density at radius 3 is 2.59 bits per heavy atom. The normalized spacial score (nSPS) is 20.8. The van der Waals surface area contributed by atoms with E-state index in [1.807, 2.05) is 0 Å². The third-order valence-corrected chi connectivity index (χ3v) is 2.59. The highest BCUT2D eigenvalue weighted by atomic mass is 16.4. The molecule has 0 aromatic rings. The van der Waals surface area contributed by atoms with Crippen LogP contribution in [0.2, 0.25) is 0 Å². The molecule has 7 heteroatoms. The largest absolute Gasteiger partial charge is 0.480 e. The molecule has 1 aliphatic rings. The molecule has 0 spiro atoms. The minimum absolute atomic E-state index is 0.0432. The van der Waals surface area contributed by atoms with Gasteiger partial charge in [0.15, 0.2) is 0 Å². The number of likely N-dealkylation sites (tertiary alicyclic amines) is 1. The summed E-state index contributed by atoms with van der Waals surface area (Å²) in [6, 6.07) is -1.37. The van der Waals surface area contributed by atoms with Gasteiger partial charge in [0.25, 0.3) is 0 Å². The number of carbonyl (C=O) groups excluding carboxylic acids is 2. The molecule has 0 aliphatic carbocycles. The van der Waals surface area contributed by atoms with Gasteiger partial charge in [0.05, 0.1) is 0 Å². The van der Waals surface area contributed by atoms with Gasteiger partial charge in [0.1, 0.15) is 6.04 Å². The average Bonchev–Trinajstić information content (AvgIpc) is 2.64. The zero-order valence-corrected chi connectivity index (χ0v) is 9.90. The molecular weight excluding hydrogens is 226 g/mol. The lowest BCUT2D eigenvalue weighted by Gasteiger charge is -2.19. The van der Waals surface area contributed by atoms with Gasteiger partial charge in [-0.2, -0.15) is 0 Å². The minimum atomic E-state index is -1.07. The number of hydrogen-bond acceptors (Lipinski definition) is 3. The van der Waals surface area contributed by atoms with Crippen molar-refractivity contribution < 1.29 is 19.5 Å². The molecule has 0 aromatic heterocycles. The monoisotopic (exact) mass is 243 g/mol. The molecule has 1 heterocycles. The first-order chi connectivity index (χ1) is 7.90. The number of carboxylic acids is 1. The van der Waals surface area contributed by atoms with Crippen molar-refractivity contribution in [1.29, 1.82) is 0 Å². The van der Waals surface area contributed by atoms with Crippen LogP contribution in [-0.2, 0) is 9.59 Å². The Morgan fingerprint density at radius 1 is 1.41 bits per heavy atom. The fourth-order valence-corrected chi connectivity index (χ4v) is 1.69. The smallest absolute Gasteiger partial charge is 0.325 e. The lowest BCUT2D eigenvalue weighted by atomic mass is 10.3. The third kappa shape index (κ3) is 3.93. The highest BCUT2D eigenvalue weighted by Gasteiger charge is 2.28. The number of aliphatic carboxylic acids is 1. The van der Waals surface area contributed by atoms with E-state index < -0.39 is 18.0 Å². The molecule has 0 saturated carbocycles. The maximum Gasteiger partial charge on any atom is 0.325 e. The molecule has 3 amide bonds. The van der Waals surface area contributed by atoms with E-state index in [0.29, 0.717) is 19.5 Å². The minimum Gasteiger partial charge on any atom is -0.480 e. The van der Waals surface area contributed by atoms with Crippen molar-refractivity contribution in [2.75, 3.05) is 13.1 Å². The Morgan fingerprint density at radius 2 is 2.06 bits per heavy atom. The summed E-state index contributed by atoms with van der Waals surface area (Å²) in [5.41, 5.74) is 0. The van der Waals surface area contributed by atoms with Crippen LogP contribution in [0.15, 0.2) is 0 Å². The maximum absolute atomic E-state index is 11.6. The number of rotatable bonds is 3. The van der Waals surface area contributed by atoms with Gasteiger partial charge < -0.3 is 20.6 Å². The molecule has 2 atom stereocenters. The van der Waals surface area contributed by atoms with Crippen LogP contribution in [0.1, 0.15) is 20.3 Å². The molecule has 2 unspecified atom stereocenters. The second-order valence-corrected chi connectivity index (χ2v) is 4.14. The van der Waals surface area contributed by atoms with E-state index in [4.69, 9.17) is 5.11 Å². The van der Waals surface area contributed by atoms with Gasteiger partial charge in [0, 0.05) is 26.1 Å². The Labute approximate surface area is 99.2 Å². The number of nitrogens with zero attached hydrogens (tertiary/aromatic N) is 1. The first kappa shape index (κ1) is 13.3. The number of carbonyl (C=O) groups is 3. The van der Waals surface area contributed by atoms with Crippen molar-refractivity contribution in [3.8, 4) is 0 Å². The predicted octanol–water partition coefficient (Wildman–Crippen LogP) is -0.620. The zero-order valence-electron chi connectivity index (χ0n) is 9.90. The number of carboxylic acid groups (broad SMARTS) is 1. The van der Waals surface area contributed by atoms with E-state index in [-0.39, 0.29) is 11.9 Å². The van der Waals surface area contributed by atoms with Crippen LogP contribution >= 0.6 is 0 Å². The van der Waals surface area contributed by atoms with Gasteiger partial charge in [0.2, 0.25) is 5.91 Å². The second-order valence-electron chi connectivity index (χ2n) is 4.14. The quantitative estimate of drug-likeness (QED) is 0.615. The summed E-state index contributed by atoms with van der Waals surface area (Å²) in [7, 11) is 0. The fraction of sp³-hybridized carbons (Fsp3) is 0.700. The topological polar surface area (TPSA) is 98.7 Å². The number of nitrogens with one attached hydrogen (secondary N) is 2. The highest BCUT2D eigenvalue weighted by molar-refractivity contribution is 5.82. The van der Waals surface area contributed by atoms with Crippen LogP contribution in [0.5, 0.6) is 0 Å². The van der Waals surface area contributed by atoms with Crippen LogP contribution in [0.4, 0.5) is 4.79 Å². The number of amides is 3. The molecular formula is C10H17N3O4. The van der Waals surface area contributed by atoms with E-state index in [0.717, 1.165) is 0 Å². The summed E-state index contributed by atoms with van der Waals surface area (Å²) in [5, 5.41) is 13.8. The SMILES string of the molecule is CC(=O)NC1CCN(C(=O)NC(C)C(=O)O)C1. The van der Waals surface area contributed by atoms with Crippen molar-refractivity contribution >= 4 is 17.9 Å². The summed E-state index contributed by atoms with van der Waals surface area (Å²) >= 11 is 0. The van der Waals surface area contributed by atoms with Crippen LogP contribution in [0.3, 0.4) is 0 Å². The lowest BCUT2D eigenvalue weighted by molar-refractivity contribution is -0.138. The van der Waals surface area contributed by atoms with Gasteiger partial charge in [-0.3, -0.25) is 9.59 Å². The number of urea groups is 1. The third-order valence-electron chi connectivity index (χ3n) is 2.59. The summed E-state index contributed by atoms with van der Waals surface area (Å²) < 4.78 is 0. The molecule has 1 aliphatic heterocycles. The molecule has 1 fully saturated rings. The summed E-state index contributed by atoms with van der Waals surface area (Å²) in [6.07, 6.45) is 0.689. The molecule has 0 aromatic carbocycles. The van der Waals surface area contributed by atoms with E-state index in [9.17, 15) is 14.4 Å². The second kappa shape index (κ2) is 5.51. The first-order valence-corrected chi connectivity index (χ1v) is 5.45. The first-order valence-electron chi connectivity index (χ1n) is 5.45. The van der Waals surface area contributed by atoms with Gasteiger partial charge in [-0.15, -0.1) is 0 Å². The molecule has 96 valence electrons. The molecule has 1 saturated heterocycles. The molecule has 7 nitrogen and oxygen atoms in total. The molecule has 17 heavy (non-hydrogen) atoms. The van der Waals surface area contributed by atoms with Gasteiger partial charge >= 0.3 is 12.0 Å². The van der Waals surface area contributed by atoms with E-state index in [2.05, 4.69) is 10.6 Å². The fourth-order valence-electron chi connectivity index (χ4n) is 1.69. The van der Waals surface area contributed by atoms with Crippen LogP contribution in [0.25, 0.3) is 0 Å². The standard InChI is InChI=1S/C10H17N3O4/c1-6(9(15)16)11-10(17)13-4-3-8(5-13)12-7(2)14/h6,8H,3-5H2,1-2H3,(H,11,17)(H,12,14)(H,15,16).